The van der Waals surface area contributed by atoms with Gasteiger partial charge in [0.1, 0.15) is 12.9 Å². The lowest BCUT2D eigenvalue weighted by molar-refractivity contribution is -0.121. The predicted octanol–water partition coefficient (Wildman–Crippen LogP) is -1.21. The predicted molar refractivity (Wildman–Crippen MR) is 30.5 cm³/mol. The summed E-state index contributed by atoms with van der Waals surface area (Å²) in [5.74, 6) is 0.479. The molecule has 1 aromatic heterocycles. The van der Waals surface area contributed by atoms with E-state index in [1.165, 1.54) is 6.33 Å². The molecule has 50 valence electrons. The smallest absolute Gasteiger partial charge is 0.241 e. The Labute approximate surface area is 57.1 Å². The quantitative estimate of drug-likeness (QED) is 0.487. The van der Waals surface area contributed by atoms with Crippen LogP contribution in [0.25, 0.3) is 0 Å². The maximum Gasteiger partial charge on any atom is 0.241 e. The Bertz CT molecular complexity index is 266. The van der Waals surface area contributed by atoms with Crippen LogP contribution in [-0.2, 0) is 11.3 Å². The normalized spacial score (nSPS) is 16.2. The van der Waals surface area contributed by atoms with Gasteiger partial charge >= 0.3 is 0 Å². The molecule has 0 saturated heterocycles. The van der Waals surface area contributed by atoms with Gasteiger partial charge in [-0.15, -0.1) is 10.2 Å². The van der Waals surface area contributed by atoms with E-state index in [9.17, 15) is 4.79 Å². The second-order valence-electron chi connectivity index (χ2n) is 1.96. The van der Waals surface area contributed by atoms with Gasteiger partial charge in [0.05, 0.1) is 0 Å². The second kappa shape index (κ2) is 1.80. The highest BCUT2D eigenvalue weighted by molar-refractivity contribution is 5.77. The molecule has 2 heterocycles. The molecule has 0 fully saturated rings. The van der Waals surface area contributed by atoms with E-state index in [-0.39, 0.29) is 12.5 Å². The number of rotatable bonds is 0. The van der Waals surface area contributed by atoms with Crippen molar-refractivity contribution in [3.63, 3.8) is 0 Å². The SMILES string of the molecule is O=C1Cn2cnnc2[C]N1. The van der Waals surface area contributed by atoms with E-state index >= 15 is 0 Å². The molecule has 0 spiro atoms. The lowest BCUT2D eigenvalue weighted by atomic mass is 10.4. The molecule has 0 saturated carbocycles. The lowest BCUT2D eigenvalue weighted by Crippen LogP contribution is -2.32. The molecule has 0 aromatic carbocycles. The van der Waals surface area contributed by atoms with Gasteiger partial charge in [0.2, 0.25) is 5.91 Å². The van der Waals surface area contributed by atoms with Crippen molar-refractivity contribution >= 4 is 5.91 Å². The van der Waals surface area contributed by atoms with Gasteiger partial charge in [-0.3, -0.25) is 4.79 Å². The molecule has 5 heteroatoms. The van der Waals surface area contributed by atoms with Crippen LogP contribution in [0, 0.1) is 6.54 Å². The van der Waals surface area contributed by atoms with E-state index < -0.39 is 0 Å². The highest BCUT2D eigenvalue weighted by Gasteiger charge is 2.15. The largest absolute Gasteiger partial charge is 0.337 e. The third-order valence-electron chi connectivity index (χ3n) is 1.24. The van der Waals surface area contributed by atoms with E-state index in [1.807, 2.05) is 0 Å². The third kappa shape index (κ3) is 0.671. The van der Waals surface area contributed by atoms with Gasteiger partial charge in [0.15, 0.2) is 12.4 Å². The lowest BCUT2D eigenvalue weighted by Gasteiger charge is -2.10. The number of nitrogens with one attached hydrogen (secondary N) is 1. The minimum absolute atomic E-state index is 0.0905. The van der Waals surface area contributed by atoms with Crippen molar-refractivity contribution in [3.8, 4) is 0 Å². The van der Waals surface area contributed by atoms with Crippen molar-refractivity contribution < 1.29 is 4.79 Å². The Kier molecular flexibility index (Phi) is 0.969. The maximum absolute atomic E-state index is 10.7. The van der Waals surface area contributed by atoms with Crippen molar-refractivity contribution in [1.82, 2.24) is 20.1 Å². The maximum atomic E-state index is 10.7. The number of fused-ring (bicyclic) bond motifs is 1. The topological polar surface area (TPSA) is 59.8 Å². The molecular formula is C5H4N4O. The zero-order valence-corrected chi connectivity index (χ0v) is 5.03. The number of carbonyl (C=O) groups excluding carboxylic acids is 1. The van der Waals surface area contributed by atoms with Crippen LogP contribution in [0.3, 0.4) is 0 Å². The van der Waals surface area contributed by atoms with Gasteiger partial charge < -0.3 is 9.88 Å². The summed E-state index contributed by atoms with van der Waals surface area (Å²) in [7, 11) is 0. The van der Waals surface area contributed by atoms with E-state index in [1.54, 1.807) is 4.57 Å². The Balaban J connectivity index is 2.39. The van der Waals surface area contributed by atoms with Crippen LogP contribution in [0.5, 0.6) is 0 Å². The number of hydrogen-bond donors (Lipinski definition) is 1. The molecule has 0 atom stereocenters. The van der Waals surface area contributed by atoms with Crippen molar-refractivity contribution in [2.45, 2.75) is 6.54 Å². The van der Waals surface area contributed by atoms with Crippen LogP contribution in [0.4, 0.5) is 0 Å². The summed E-state index contributed by atoms with van der Waals surface area (Å²) in [4.78, 5) is 10.7. The molecular weight excluding hydrogens is 132 g/mol. The molecule has 2 radical (unpaired) electrons. The Morgan fingerprint density at radius 3 is 3.60 bits per heavy atom. The molecule has 10 heavy (non-hydrogen) atoms. The summed E-state index contributed by atoms with van der Waals surface area (Å²) < 4.78 is 1.62. The molecule has 2 rings (SSSR count). The first-order valence-electron chi connectivity index (χ1n) is 2.79. The summed E-state index contributed by atoms with van der Waals surface area (Å²) in [5.41, 5.74) is 0. The van der Waals surface area contributed by atoms with Gasteiger partial charge in [-0.05, 0) is 0 Å². The van der Waals surface area contributed by atoms with Gasteiger partial charge in [0, 0.05) is 0 Å². The van der Waals surface area contributed by atoms with E-state index in [0.29, 0.717) is 5.82 Å². The molecule has 0 unspecified atom stereocenters. The van der Waals surface area contributed by atoms with Crippen LogP contribution < -0.4 is 5.32 Å². The molecule has 5 nitrogen and oxygen atoms in total. The first-order valence-corrected chi connectivity index (χ1v) is 2.79. The molecule has 1 aliphatic rings. The third-order valence-corrected chi connectivity index (χ3v) is 1.24. The van der Waals surface area contributed by atoms with Gasteiger partial charge in [0.25, 0.3) is 0 Å². The summed E-state index contributed by atoms with van der Waals surface area (Å²) >= 11 is 0. The average molecular weight is 136 g/mol. The van der Waals surface area contributed by atoms with Gasteiger partial charge in [-0.25, -0.2) is 0 Å². The van der Waals surface area contributed by atoms with E-state index in [2.05, 4.69) is 22.1 Å². The highest BCUT2D eigenvalue weighted by atomic mass is 16.2. The van der Waals surface area contributed by atoms with Gasteiger partial charge in [-0.1, -0.05) is 0 Å². The Morgan fingerprint density at radius 1 is 1.80 bits per heavy atom. The molecule has 1 aromatic rings. The highest BCUT2D eigenvalue weighted by Crippen LogP contribution is 2.00. The van der Waals surface area contributed by atoms with Crippen molar-refractivity contribution in [2.24, 2.45) is 0 Å². The van der Waals surface area contributed by atoms with Crippen molar-refractivity contribution in [3.05, 3.63) is 18.7 Å². The minimum Gasteiger partial charge on any atom is -0.337 e. The van der Waals surface area contributed by atoms with Crippen LogP contribution in [0.2, 0.25) is 0 Å². The van der Waals surface area contributed by atoms with Crippen molar-refractivity contribution in [1.29, 1.82) is 0 Å². The summed E-state index contributed by atoms with van der Waals surface area (Å²) in [6.07, 6.45) is 1.50. The standard InChI is InChI=1S/C5H4N4O/c10-5-2-9-3-7-8-4(9)1-6-5/h3H,2H2,(H,6,10). The Hall–Kier alpha value is -1.39. The summed E-state index contributed by atoms with van der Waals surface area (Å²) in [6, 6.07) is 0. The zero-order valence-electron chi connectivity index (χ0n) is 5.03. The number of carbonyl (C=O) groups is 1. The van der Waals surface area contributed by atoms with Crippen molar-refractivity contribution in [2.75, 3.05) is 0 Å². The fourth-order valence-electron chi connectivity index (χ4n) is 0.787. The van der Waals surface area contributed by atoms with E-state index in [0.717, 1.165) is 0 Å². The van der Waals surface area contributed by atoms with Crippen LogP contribution in [0.15, 0.2) is 6.33 Å². The number of nitrogens with zero attached hydrogens (tertiary/aromatic N) is 3. The zero-order chi connectivity index (χ0) is 6.97. The molecule has 0 aliphatic carbocycles. The average Bonchev–Trinajstić information content (AvgIpc) is 2.33. The molecule has 1 N–H and O–H groups in total. The number of amides is 1. The number of hydrogen-bond acceptors (Lipinski definition) is 3. The first-order chi connectivity index (χ1) is 4.86. The fourth-order valence-corrected chi connectivity index (χ4v) is 0.787. The van der Waals surface area contributed by atoms with Crippen LogP contribution >= 0.6 is 0 Å². The summed E-state index contributed by atoms with van der Waals surface area (Å²) in [6.45, 7) is 2.87. The fraction of sp³-hybridized carbons (Fsp3) is 0.200. The minimum atomic E-state index is -0.0905. The molecule has 1 amide bonds. The second-order valence-corrected chi connectivity index (χ2v) is 1.96. The summed E-state index contributed by atoms with van der Waals surface area (Å²) in [5, 5.41) is 9.69. The first kappa shape index (κ1) is 5.40. The van der Waals surface area contributed by atoms with E-state index in [4.69, 9.17) is 0 Å². The number of aromatic nitrogens is 3. The molecule has 1 aliphatic heterocycles. The molecule has 0 bridgehead atoms. The van der Waals surface area contributed by atoms with Gasteiger partial charge in [-0.2, -0.15) is 0 Å². The Morgan fingerprint density at radius 2 is 2.70 bits per heavy atom. The monoisotopic (exact) mass is 136 g/mol. The van der Waals surface area contributed by atoms with Crippen LogP contribution in [0.1, 0.15) is 5.82 Å². The van der Waals surface area contributed by atoms with Crippen LogP contribution in [-0.4, -0.2) is 20.7 Å².